The molecule has 2 aromatic heterocycles. The zero-order valence-corrected chi connectivity index (χ0v) is 16.9. The Morgan fingerprint density at radius 2 is 1.90 bits per heavy atom. The van der Waals surface area contributed by atoms with Crippen LogP contribution in [0.3, 0.4) is 0 Å². The fraction of sp³-hybridized carbons (Fsp3) is 0.478. The monoisotopic (exact) mass is 392 g/mol. The third kappa shape index (κ3) is 3.63. The number of ether oxygens (including phenoxy) is 1. The van der Waals surface area contributed by atoms with Gasteiger partial charge >= 0.3 is 0 Å². The SMILES string of the molecule is CCc1ccc(C2CN(Cc3cn4c(C5CCOCC5)ncc4c(=O)[nH]3)C2)cc1. The summed E-state index contributed by atoms with van der Waals surface area (Å²) in [6.45, 7) is 6.55. The summed E-state index contributed by atoms with van der Waals surface area (Å²) >= 11 is 0. The van der Waals surface area contributed by atoms with E-state index in [1.807, 2.05) is 4.40 Å². The fourth-order valence-electron chi connectivity index (χ4n) is 4.59. The molecule has 3 aromatic rings. The Balaban J connectivity index is 1.30. The van der Waals surface area contributed by atoms with Crippen LogP contribution in [0.1, 0.15) is 54.2 Å². The van der Waals surface area contributed by atoms with Crippen molar-refractivity contribution in [2.45, 2.75) is 44.6 Å². The van der Waals surface area contributed by atoms with Gasteiger partial charge in [-0.1, -0.05) is 31.2 Å². The van der Waals surface area contributed by atoms with Crippen molar-refractivity contribution in [2.24, 2.45) is 0 Å². The Kier molecular flexibility index (Phi) is 4.97. The summed E-state index contributed by atoms with van der Waals surface area (Å²) in [5, 5.41) is 0. The lowest BCUT2D eigenvalue weighted by molar-refractivity contribution is 0.0834. The van der Waals surface area contributed by atoms with E-state index in [-0.39, 0.29) is 5.56 Å². The highest BCUT2D eigenvalue weighted by Crippen LogP contribution is 2.29. The van der Waals surface area contributed by atoms with Crippen LogP contribution in [-0.4, -0.2) is 45.6 Å². The number of imidazole rings is 1. The lowest BCUT2D eigenvalue weighted by Crippen LogP contribution is -2.44. The minimum absolute atomic E-state index is 0.0551. The smallest absolute Gasteiger partial charge is 0.274 e. The third-order valence-electron chi connectivity index (χ3n) is 6.41. The van der Waals surface area contributed by atoms with E-state index in [0.29, 0.717) is 17.4 Å². The number of rotatable bonds is 5. The molecule has 0 radical (unpaired) electrons. The molecule has 4 heterocycles. The predicted molar refractivity (Wildman–Crippen MR) is 112 cm³/mol. The van der Waals surface area contributed by atoms with Crippen LogP contribution in [-0.2, 0) is 17.7 Å². The zero-order chi connectivity index (χ0) is 19.8. The molecular weight excluding hydrogens is 364 g/mol. The van der Waals surface area contributed by atoms with E-state index >= 15 is 0 Å². The average molecular weight is 393 g/mol. The van der Waals surface area contributed by atoms with Crippen LogP contribution in [0.15, 0.2) is 41.5 Å². The molecule has 0 amide bonds. The Bertz CT molecular complexity index is 1040. The number of aromatic amines is 1. The van der Waals surface area contributed by atoms with Crippen molar-refractivity contribution in [2.75, 3.05) is 26.3 Å². The Labute approximate surface area is 170 Å². The van der Waals surface area contributed by atoms with Gasteiger partial charge in [0.1, 0.15) is 11.3 Å². The molecule has 1 N–H and O–H groups in total. The first-order valence-corrected chi connectivity index (χ1v) is 10.7. The number of likely N-dealkylation sites (tertiary alicyclic amines) is 1. The molecule has 0 aliphatic carbocycles. The molecule has 6 nitrogen and oxygen atoms in total. The minimum Gasteiger partial charge on any atom is -0.381 e. The first-order chi connectivity index (χ1) is 14.2. The van der Waals surface area contributed by atoms with Crippen LogP contribution in [0.5, 0.6) is 0 Å². The van der Waals surface area contributed by atoms with Crippen molar-refractivity contribution in [3.05, 3.63) is 69.7 Å². The van der Waals surface area contributed by atoms with Crippen LogP contribution >= 0.6 is 0 Å². The van der Waals surface area contributed by atoms with E-state index in [2.05, 4.69) is 52.3 Å². The topological polar surface area (TPSA) is 62.6 Å². The van der Waals surface area contributed by atoms with Crippen molar-refractivity contribution in [3.63, 3.8) is 0 Å². The van der Waals surface area contributed by atoms with Crippen LogP contribution in [0.25, 0.3) is 5.52 Å². The van der Waals surface area contributed by atoms with E-state index in [0.717, 1.165) is 63.6 Å². The summed E-state index contributed by atoms with van der Waals surface area (Å²) in [5.74, 6) is 1.94. The molecule has 2 aliphatic rings. The summed E-state index contributed by atoms with van der Waals surface area (Å²) < 4.78 is 7.48. The Morgan fingerprint density at radius 3 is 2.62 bits per heavy atom. The molecule has 2 saturated heterocycles. The van der Waals surface area contributed by atoms with E-state index in [9.17, 15) is 4.79 Å². The molecule has 0 bridgehead atoms. The van der Waals surface area contributed by atoms with E-state index < -0.39 is 0 Å². The largest absolute Gasteiger partial charge is 0.381 e. The lowest BCUT2D eigenvalue weighted by atomic mass is 9.90. The van der Waals surface area contributed by atoms with E-state index in [1.165, 1.54) is 11.1 Å². The second-order valence-electron chi connectivity index (χ2n) is 8.35. The third-order valence-corrected chi connectivity index (χ3v) is 6.41. The van der Waals surface area contributed by atoms with Gasteiger partial charge in [0.2, 0.25) is 0 Å². The first-order valence-electron chi connectivity index (χ1n) is 10.7. The summed E-state index contributed by atoms with van der Waals surface area (Å²) in [6, 6.07) is 9.00. The van der Waals surface area contributed by atoms with Gasteiger partial charge in [0.25, 0.3) is 5.56 Å². The first kappa shape index (κ1) is 18.6. The van der Waals surface area contributed by atoms with Gasteiger partial charge in [-0.25, -0.2) is 4.98 Å². The molecule has 5 rings (SSSR count). The van der Waals surface area contributed by atoms with Gasteiger partial charge in [-0.3, -0.25) is 14.1 Å². The van der Waals surface area contributed by atoms with Crippen molar-refractivity contribution < 1.29 is 4.74 Å². The number of aryl methyl sites for hydroxylation is 1. The summed E-state index contributed by atoms with van der Waals surface area (Å²) in [4.78, 5) is 22.6. The maximum absolute atomic E-state index is 12.6. The highest BCUT2D eigenvalue weighted by atomic mass is 16.5. The molecule has 29 heavy (non-hydrogen) atoms. The maximum Gasteiger partial charge on any atom is 0.274 e. The van der Waals surface area contributed by atoms with Crippen LogP contribution in [0.2, 0.25) is 0 Å². The maximum atomic E-state index is 12.6. The molecule has 2 aliphatic heterocycles. The quantitative estimate of drug-likeness (QED) is 0.725. The number of fused-ring (bicyclic) bond motifs is 1. The second kappa shape index (κ2) is 7.76. The Morgan fingerprint density at radius 1 is 1.14 bits per heavy atom. The van der Waals surface area contributed by atoms with Crippen molar-refractivity contribution in [1.82, 2.24) is 19.3 Å². The highest BCUT2D eigenvalue weighted by Gasteiger charge is 2.28. The predicted octanol–water partition coefficient (Wildman–Crippen LogP) is 3.08. The fourth-order valence-corrected chi connectivity index (χ4v) is 4.59. The number of nitrogens with one attached hydrogen (secondary N) is 1. The molecular formula is C23H28N4O2. The minimum atomic E-state index is -0.0551. The van der Waals surface area contributed by atoms with Crippen molar-refractivity contribution >= 4 is 5.52 Å². The molecule has 1 aromatic carbocycles. The van der Waals surface area contributed by atoms with Crippen LogP contribution in [0.4, 0.5) is 0 Å². The normalized spacial score (nSPS) is 18.9. The van der Waals surface area contributed by atoms with Gasteiger partial charge in [-0.05, 0) is 30.4 Å². The number of hydrogen-bond acceptors (Lipinski definition) is 4. The summed E-state index contributed by atoms with van der Waals surface area (Å²) in [5.41, 5.74) is 4.33. The molecule has 0 unspecified atom stereocenters. The van der Waals surface area contributed by atoms with Gasteiger partial charge < -0.3 is 9.72 Å². The molecule has 6 heteroatoms. The summed E-state index contributed by atoms with van der Waals surface area (Å²) in [6.07, 6.45) is 6.78. The van der Waals surface area contributed by atoms with Gasteiger partial charge in [0.15, 0.2) is 0 Å². The molecule has 0 atom stereocenters. The number of benzene rings is 1. The lowest BCUT2D eigenvalue weighted by Gasteiger charge is -2.39. The van der Waals surface area contributed by atoms with Crippen molar-refractivity contribution in [3.8, 4) is 0 Å². The molecule has 0 spiro atoms. The van der Waals surface area contributed by atoms with Crippen LogP contribution in [0, 0.1) is 0 Å². The van der Waals surface area contributed by atoms with Gasteiger partial charge in [-0.15, -0.1) is 0 Å². The summed E-state index contributed by atoms with van der Waals surface area (Å²) in [7, 11) is 0. The number of aromatic nitrogens is 3. The highest BCUT2D eigenvalue weighted by molar-refractivity contribution is 5.44. The van der Waals surface area contributed by atoms with Gasteiger partial charge in [0.05, 0.1) is 6.20 Å². The number of nitrogens with zero attached hydrogens (tertiary/aromatic N) is 3. The Hall–Kier alpha value is -2.44. The van der Waals surface area contributed by atoms with Crippen LogP contribution < -0.4 is 5.56 Å². The zero-order valence-electron chi connectivity index (χ0n) is 16.9. The standard InChI is InChI=1S/C23H28N4O2/c1-2-16-3-5-17(6-4-16)19-12-26(13-19)14-20-15-27-21(23(28)25-20)11-24-22(27)18-7-9-29-10-8-18/h3-6,11,15,18-19H,2,7-10,12-14H2,1H3,(H,25,28). The van der Waals surface area contributed by atoms with Crippen molar-refractivity contribution in [1.29, 1.82) is 0 Å². The molecule has 152 valence electrons. The second-order valence-corrected chi connectivity index (χ2v) is 8.35. The number of hydrogen-bond donors (Lipinski definition) is 1. The van der Waals surface area contributed by atoms with E-state index in [4.69, 9.17) is 4.74 Å². The van der Waals surface area contributed by atoms with Gasteiger partial charge in [-0.2, -0.15) is 0 Å². The number of H-pyrrole nitrogens is 1. The van der Waals surface area contributed by atoms with Gasteiger partial charge in [0, 0.05) is 56.6 Å². The average Bonchev–Trinajstić information content (AvgIpc) is 3.16. The molecule has 0 saturated carbocycles. The van der Waals surface area contributed by atoms with E-state index in [1.54, 1.807) is 6.20 Å². The molecule has 2 fully saturated rings.